The summed E-state index contributed by atoms with van der Waals surface area (Å²) in [5.74, 6) is -1.10. The molecular formula is C21H18F2N2O5. The predicted molar refractivity (Wildman–Crippen MR) is 107 cm³/mol. The van der Waals surface area contributed by atoms with Crippen molar-refractivity contribution in [2.75, 3.05) is 7.11 Å². The molecule has 0 radical (unpaired) electrons. The van der Waals surface area contributed by atoms with E-state index in [4.69, 9.17) is 4.74 Å². The first-order chi connectivity index (χ1) is 14.3. The first-order valence-corrected chi connectivity index (χ1v) is 8.93. The summed E-state index contributed by atoms with van der Waals surface area (Å²) in [5, 5.41) is 9.19. The molecule has 0 spiro atoms. The summed E-state index contributed by atoms with van der Waals surface area (Å²) in [6.07, 6.45) is 2.96. The van der Waals surface area contributed by atoms with Gasteiger partial charge in [-0.15, -0.1) is 0 Å². The Kier molecular flexibility index (Phi) is 6.10. The Labute approximate surface area is 169 Å². The molecule has 0 unspecified atom stereocenters. The molecular weight excluding hydrogens is 398 g/mol. The number of aryl methyl sites for hydroxylation is 1. The van der Waals surface area contributed by atoms with Crippen molar-refractivity contribution in [2.45, 2.75) is 20.1 Å². The quantitative estimate of drug-likeness (QED) is 0.628. The highest BCUT2D eigenvalue weighted by Crippen LogP contribution is 2.30. The van der Waals surface area contributed by atoms with Crippen LogP contribution < -0.4 is 15.0 Å². The first kappa shape index (κ1) is 21.0. The minimum absolute atomic E-state index is 0.0511. The normalized spacial score (nSPS) is 11.4. The van der Waals surface area contributed by atoms with Crippen LogP contribution in [-0.2, 0) is 6.54 Å². The van der Waals surface area contributed by atoms with Crippen LogP contribution in [-0.4, -0.2) is 34.3 Å². The molecule has 7 nitrogen and oxygen atoms in total. The smallest absolute Gasteiger partial charge is 0.387 e. The van der Waals surface area contributed by atoms with Gasteiger partial charge < -0.3 is 19.1 Å². The van der Waals surface area contributed by atoms with Crippen molar-refractivity contribution in [1.29, 1.82) is 0 Å². The second-order valence-electron chi connectivity index (χ2n) is 6.18. The van der Waals surface area contributed by atoms with Crippen molar-refractivity contribution in [1.82, 2.24) is 9.55 Å². The van der Waals surface area contributed by atoms with E-state index in [1.165, 1.54) is 48.1 Å². The van der Waals surface area contributed by atoms with E-state index >= 15 is 0 Å². The molecule has 1 heterocycles. The fraction of sp³-hybridized carbons (Fsp3) is 0.190. The second-order valence-corrected chi connectivity index (χ2v) is 6.18. The van der Waals surface area contributed by atoms with Crippen LogP contribution in [0.1, 0.15) is 28.5 Å². The Balaban J connectivity index is 2.06. The molecule has 1 N–H and O–H groups in total. The van der Waals surface area contributed by atoms with E-state index in [-0.39, 0.29) is 28.3 Å². The van der Waals surface area contributed by atoms with Crippen LogP contribution in [0.4, 0.5) is 8.78 Å². The van der Waals surface area contributed by atoms with Gasteiger partial charge in [0.2, 0.25) is 0 Å². The highest BCUT2D eigenvalue weighted by atomic mass is 19.3. The molecule has 0 saturated heterocycles. The summed E-state index contributed by atoms with van der Waals surface area (Å²) >= 11 is 0. The highest BCUT2D eigenvalue weighted by molar-refractivity contribution is 5.92. The van der Waals surface area contributed by atoms with Crippen molar-refractivity contribution >= 4 is 29.2 Å². The number of carboxylic acid groups (broad SMARTS) is 1. The molecule has 3 rings (SSSR count). The van der Waals surface area contributed by atoms with Crippen molar-refractivity contribution in [2.24, 2.45) is 0 Å². The average Bonchev–Trinajstić information content (AvgIpc) is 2.71. The van der Waals surface area contributed by atoms with Gasteiger partial charge in [-0.2, -0.15) is 8.78 Å². The molecule has 0 aliphatic rings. The Bertz CT molecular complexity index is 1190. The van der Waals surface area contributed by atoms with Crippen molar-refractivity contribution < 1.29 is 28.2 Å². The molecule has 0 fully saturated rings. The standard InChI is InChI=1S/C21H18F2N2O5/c1-3-25-16-8-6-13(20(27)28)11-15(16)24-14(19(25)26)7-4-12-5-9-17(29-2)18(10-12)30-21(22)23/h4-11,21H,3H2,1-2H3,(H,27,28)/b7-4+. The third-order valence-corrected chi connectivity index (χ3v) is 4.37. The van der Waals surface area contributed by atoms with Crippen LogP contribution in [0.5, 0.6) is 11.5 Å². The van der Waals surface area contributed by atoms with E-state index in [1.807, 2.05) is 0 Å². The molecule has 156 valence electrons. The Hall–Kier alpha value is -3.75. The van der Waals surface area contributed by atoms with Gasteiger partial charge in [-0.05, 0) is 48.9 Å². The molecule has 30 heavy (non-hydrogen) atoms. The molecule has 0 atom stereocenters. The summed E-state index contributed by atoms with van der Waals surface area (Å²) in [4.78, 5) is 28.3. The third kappa shape index (κ3) is 4.29. The van der Waals surface area contributed by atoms with Crippen LogP contribution in [0, 0.1) is 0 Å². The summed E-state index contributed by atoms with van der Waals surface area (Å²) in [7, 11) is 1.33. The molecule has 3 aromatic rings. The number of carbonyl (C=O) groups is 1. The van der Waals surface area contributed by atoms with Crippen LogP contribution in [0.3, 0.4) is 0 Å². The van der Waals surface area contributed by atoms with E-state index in [9.17, 15) is 23.5 Å². The molecule has 0 bridgehead atoms. The predicted octanol–water partition coefficient (Wildman–Crippen LogP) is 3.90. The largest absolute Gasteiger partial charge is 0.493 e. The highest BCUT2D eigenvalue weighted by Gasteiger charge is 2.13. The molecule has 9 heteroatoms. The minimum atomic E-state index is -3.01. The molecule has 1 aromatic heterocycles. The lowest BCUT2D eigenvalue weighted by atomic mass is 10.1. The Morgan fingerprint density at radius 3 is 2.60 bits per heavy atom. The van der Waals surface area contributed by atoms with Crippen molar-refractivity contribution in [3.8, 4) is 11.5 Å². The maximum absolute atomic E-state index is 12.8. The summed E-state index contributed by atoms with van der Waals surface area (Å²) in [5.41, 5.74) is 1.13. The van der Waals surface area contributed by atoms with Gasteiger partial charge in [0.25, 0.3) is 5.56 Å². The number of ether oxygens (including phenoxy) is 2. The van der Waals surface area contributed by atoms with Crippen LogP contribution in [0.25, 0.3) is 23.2 Å². The monoisotopic (exact) mass is 416 g/mol. The lowest BCUT2D eigenvalue weighted by molar-refractivity contribution is -0.0512. The van der Waals surface area contributed by atoms with E-state index in [0.29, 0.717) is 23.1 Å². The van der Waals surface area contributed by atoms with Gasteiger partial charge in [-0.25, -0.2) is 9.78 Å². The minimum Gasteiger partial charge on any atom is -0.493 e. The zero-order valence-corrected chi connectivity index (χ0v) is 16.1. The number of fused-ring (bicyclic) bond motifs is 1. The fourth-order valence-corrected chi connectivity index (χ4v) is 2.98. The zero-order chi connectivity index (χ0) is 21.8. The number of aromatic carboxylic acids is 1. The molecule has 0 aliphatic heterocycles. The number of alkyl halides is 2. The van der Waals surface area contributed by atoms with Gasteiger partial charge in [0.15, 0.2) is 11.5 Å². The number of hydrogen-bond acceptors (Lipinski definition) is 5. The lowest BCUT2D eigenvalue weighted by Gasteiger charge is -2.10. The number of aromatic nitrogens is 2. The Morgan fingerprint density at radius 1 is 1.20 bits per heavy atom. The molecule has 0 aliphatic carbocycles. The summed E-state index contributed by atoms with van der Waals surface area (Å²) in [6, 6.07) is 8.77. The van der Waals surface area contributed by atoms with Gasteiger partial charge in [0.1, 0.15) is 5.69 Å². The maximum atomic E-state index is 12.8. The van der Waals surface area contributed by atoms with E-state index in [2.05, 4.69) is 9.72 Å². The number of methoxy groups -OCH3 is 1. The van der Waals surface area contributed by atoms with Gasteiger partial charge in [-0.3, -0.25) is 4.79 Å². The number of nitrogens with zero attached hydrogens (tertiary/aromatic N) is 2. The zero-order valence-electron chi connectivity index (χ0n) is 16.1. The number of halogens is 2. The maximum Gasteiger partial charge on any atom is 0.387 e. The third-order valence-electron chi connectivity index (χ3n) is 4.37. The van der Waals surface area contributed by atoms with Gasteiger partial charge in [0.05, 0.1) is 23.7 Å². The molecule has 2 aromatic carbocycles. The van der Waals surface area contributed by atoms with Crippen molar-refractivity contribution in [3.63, 3.8) is 0 Å². The number of carboxylic acids is 1. The fourth-order valence-electron chi connectivity index (χ4n) is 2.98. The van der Waals surface area contributed by atoms with Crippen LogP contribution in [0.15, 0.2) is 41.2 Å². The van der Waals surface area contributed by atoms with Gasteiger partial charge in [-0.1, -0.05) is 12.1 Å². The van der Waals surface area contributed by atoms with E-state index in [0.717, 1.165) is 0 Å². The van der Waals surface area contributed by atoms with Crippen molar-refractivity contribution in [3.05, 3.63) is 63.6 Å². The van der Waals surface area contributed by atoms with Gasteiger partial charge >= 0.3 is 12.6 Å². The lowest BCUT2D eigenvalue weighted by Crippen LogP contribution is -2.23. The van der Waals surface area contributed by atoms with E-state index in [1.54, 1.807) is 19.1 Å². The second kappa shape index (κ2) is 8.73. The molecule has 0 amide bonds. The molecule has 0 saturated carbocycles. The Morgan fingerprint density at radius 2 is 1.97 bits per heavy atom. The summed E-state index contributed by atoms with van der Waals surface area (Å²) < 4.78 is 36.1. The number of hydrogen-bond donors (Lipinski definition) is 1. The SMILES string of the molecule is CCn1c(=O)c(/C=C/c2ccc(OC)c(OC(F)F)c2)nc2cc(C(=O)O)ccc21. The number of rotatable bonds is 7. The first-order valence-electron chi connectivity index (χ1n) is 8.93. The number of benzene rings is 2. The van der Waals surface area contributed by atoms with E-state index < -0.39 is 12.6 Å². The average molecular weight is 416 g/mol. The topological polar surface area (TPSA) is 90.7 Å². The van der Waals surface area contributed by atoms with Gasteiger partial charge in [0, 0.05) is 6.54 Å². The summed E-state index contributed by atoms with van der Waals surface area (Å²) in [6.45, 7) is -0.864. The van der Waals surface area contributed by atoms with Crippen LogP contribution >= 0.6 is 0 Å². The van der Waals surface area contributed by atoms with Crippen LogP contribution in [0.2, 0.25) is 0 Å².